The van der Waals surface area contributed by atoms with Gasteiger partial charge in [-0.3, -0.25) is 0 Å². The summed E-state index contributed by atoms with van der Waals surface area (Å²) in [4.78, 5) is 0. The van der Waals surface area contributed by atoms with Gasteiger partial charge in [0.05, 0.1) is 18.0 Å². The van der Waals surface area contributed by atoms with Crippen molar-refractivity contribution in [2.45, 2.75) is 6.92 Å². The van der Waals surface area contributed by atoms with E-state index in [2.05, 4.69) is 5.32 Å². The number of benzene rings is 2. The SMILES string of the molecule is CCOc1cc(Nc2cc(F)c(F)c(F)c2)c(N)cc1F. The van der Waals surface area contributed by atoms with Crippen LogP contribution in [0.5, 0.6) is 5.75 Å². The second-order valence-corrected chi connectivity index (χ2v) is 4.18. The lowest BCUT2D eigenvalue weighted by atomic mass is 10.2. The van der Waals surface area contributed by atoms with Gasteiger partial charge in [0.2, 0.25) is 0 Å². The number of hydrogen-bond acceptors (Lipinski definition) is 3. The molecule has 7 heteroatoms. The highest BCUT2D eigenvalue weighted by molar-refractivity contribution is 5.74. The summed E-state index contributed by atoms with van der Waals surface area (Å²) in [6.45, 7) is 1.91. The van der Waals surface area contributed by atoms with Crippen LogP contribution in [0.3, 0.4) is 0 Å². The molecule has 2 aromatic rings. The highest BCUT2D eigenvalue weighted by Crippen LogP contribution is 2.31. The van der Waals surface area contributed by atoms with Crippen LogP contribution in [0.4, 0.5) is 34.6 Å². The van der Waals surface area contributed by atoms with E-state index in [0.29, 0.717) is 0 Å². The van der Waals surface area contributed by atoms with Crippen molar-refractivity contribution < 1.29 is 22.3 Å². The molecule has 112 valence electrons. The molecule has 0 fully saturated rings. The molecule has 0 aliphatic rings. The molecule has 2 aromatic carbocycles. The maximum Gasteiger partial charge on any atom is 0.194 e. The molecule has 0 bridgehead atoms. The normalized spacial score (nSPS) is 10.5. The summed E-state index contributed by atoms with van der Waals surface area (Å²) >= 11 is 0. The van der Waals surface area contributed by atoms with Gasteiger partial charge in [-0.25, -0.2) is 17.6 Å². The summed E-state index contributed by atoms with van der Waals surface area (Å²) in [7, 11) is 0. The van der Waals surface area contributed by atoms with Crippen LogP contribution in [-0.2, 0) is 0 Å². The molecule has 21 heavy (non-hydrogen) atoms. The molecule has 0 unspecified atom stereocenters. The standard InChI is InChI=1S/C14H12F4N2O/c1-2-21-13-6-12(11(19)5-8(13)15)20-7-3-9(16)14(18)10(17)4-7/h3-6,20H,2,19H2,1H3. The predicted octanol–water partition coefficient (Wildman–Crippen LogP) is 3.97. The van der Waals surface area contributed by atoms with Gasteiger partial charge < -0.3 is 15.8 Å². The van der Waals surface area contributed by atoms with Crippen LogP contribution < -0.4 is 15.8 Å². The second-order valence-electron chi connectivity index (χ2n) is 4.18. The number of anilines is 3. The highest BCUT2D eigenvalue weighted by atomic mass is 19.2. The van der Waals surface area contributed by atoms with Crippen LogP contribution in [0, 0.1) is 23.3 Å². The van der Waals surface area contributed by atoms with Crippen molar-refractivity contribution in [3.05, 3.63) is 47.5 Å². The van der Waals surface area contributed by atoms with Gasteiger partial charge in [-0.15, -0.1) is 0 Å². The first kappa shape index (κ1) is 15.0. The third-order valence-corrected chi connectivity index (χ3v) is 2.67. The lowest BCUT2D eigenvalue weighted by Gasteiger charge is -2.13. The Labute approximate surface area is 118 Å². The molecule has 0 aromatic heterocycles. The van der Waals surface area contributed by atoms with Crippen LogP contribution >= 0.6 is 0 Å². The molecule has 0 atom stereocenters. The molecule has 0 aliphatic carbocycles. The first-order valence-electron chi connectivity index (χ1n) is 6.05. The Morgan fingerprint density at radius 2 is 1.62 bits per heavy atom. The zero-order valence-corrected chi connectivity index (χ0v) is 11.0. The van der Waals surface area contributed by atoms with E-state index >= 15 is 0 Å². The van der Waals surface area contributed by atoms with Crippen LogP contribution in [0.15, 0.2) is 24.3 Å². The molecule has 0 heterocycles. The summed E-state index contributed by atoms with van der Waals surface area (Å²) in [6, 6.07) is 3.81. The lowest BCUT2D eigenvalue weighted by Crippen LogP contribution is -2.02. The quantitative estimate of drug-likeness (QED) is 0.510. The van der Waals surface area contributed by atoms with Crippen molar-refractivity contribution >= 4 is 17.1 Å². The Morgan fingerprint density at radius 1 is 1.00 bits per heavy atom. The highest BCUT2D eigenvalue weighted by Gasteiger charge is 2.13. The van der Waals surface area contributed by atoms with E-state index in [1.165, 1.54) is 6.07 Å². The minimum absolute atomic E-state index is 0.0149. The third kappa shape index (κ3) is 3.18. The van der Waals surface area contributed by atoms with Gasteiger partial charge in [0.1, 0.15) is 0 Å². The molecule has 0 amide bonds. The van der Waals surface area contributed by atoms with E-state index in [0.717, 1.165) is 18.2 Å². The van der Waals surface area contributed by atoms with Gasteiger partial charge in [-0.1, -0.05) is 0 Å². The molecule has 0 spiro atoms. The zero-order valence-electron chi connectivity index (χ0n) is 11.0. The largest absolute Gasteiger partial charge is 0.491 e. The van der Waals surface area contributed by atoms with Gasteiger partial charge in [-0.05, 0) is 6.92 Å². The Morgan fingerprint density at radius 3 is 2.19 bits per heavy atom. The number of nitrogens with two attached hydrogens (primary N) is 1. The van der Waals surface area contributed by atoms with Gasteiger partial charge >= 0.3 is 0 Å². The van der Waals surface area contributed by atoms with Crippen LogP contribution in [-0.4, -0.2) is 6.61 Å². The molecular formula is C14H12F4N2O. The molecule has 3 nitrogen and oxygen atoms in total. The van der Waals surface area contributed by atoms with Crippen LogP contribution in [0.2, 0.25) is 0 Å². The van der Waals surface area contributed by atoms with Gasteiger partial charge in [-0.2, -0.15) is 0 Å². The van der Waals surface area contributed by atoms with Crippen molar-refractivity contribution in [3.63, 3.8) is 0 Å². The monoisotopic (exact) mass is 300 g/mol. The van der Waals surface area contributed by atoms with E-state index < -0.39 is 23.3 Å². The number of nitrogen functional groups attached to an aromatic ring is 1. The molecule has 2 rings (SSSR count). The maximum absolute atomic E-state index is 13.5. The number of ether oxygens (including phenoxy) is 1. The van der Waals surface area contributed by atoms with Crippen LogP contribution in [0.25, 0.3) is 0 Å². The molecular weight excluding hydrogens is 288 g/mol. The fourth-order valence-electron chi connectivity index (χ4n) is 1.73. The number of rotatable bonds is 4. The number of hydrogen-bond donors (Lipinski definition) is 2. The molecule has 0 saturated heterocycles. The predicted molar refractivity (Wildman–Crippen MR) is 71.6 cm³/mol. The van der Waals surface area contributed by atoms with E-state index in [9.17, 15) is 17.6 Å². The Bertz CT molecular complexity index is 653. The second kappa shape index (κ2) is 5.90. The van der Waals surface area contributed by atoms with Crippen molar-refractivity contribution in [1.82, 2.24) is 0 Å². The fourth-order valence-corrected chi connectivity index (χ4v) is 1.73. The topological polar surface area (TPSA) is 47.3 Å². The summed E-state index contributed by atoms with van der Waals surface area (Å²) in [6.07, 6.45) is 0. The summed E-state index contributed by atoms with van der Waals surface area (Å²) in [5, 5.41) is 2.59. The van der Waals surface area contributed by atoms with Crippen molar-refractivity contribution in [2.24, 2.45) is 0 Å². The summed E-state index contributed by atoms with van der Waals surface area (Å²) < 4.78 is 57.7. The minimum Gasteiger partial charge on any atom is -0.491 e. The van der Waals surface area contributed by atoms with Crippen LogP contribution in [0.1, 0.15) is 6.92 Å². The van der Waals surface area contributed by atoms with Crippen molar-refractivity contribution in [3.8, 4) is 5.75 Å². The Hall–Kier alpha value is -2.44. The number of nitrogens with one attached hydrogen (secondary N) is 1. The van der Waals surface area contributed by atoms with E-state index in [1.54, 1.807) is 6.92 Å². The first-order valence-corrected chi connectivity index (χ1v) is 6.05. The van der Waals surface area contributed by atoms with Gasteiger partial charge in [0, 0.05) is 30.0 Å². The fraction of sp³-hybridized carbons (Fsp3) is 0.143. The smallest absolute Gasteiger partial charge is 0.194 e. The Kier molecular flexibility index (Phi) is 4.21. The maximum atomic E-state index is 13.5. The van der Waals surface area contributed by atoms with E-state index in [1.807, 2.05) is 0 Å². The lowest BCUT2D eigenvalue weighted by molar-refractivity contribution is 0.322. The molecule has 0 saturated carbocycles. The van der Waals surface area contributed by atoms with Gasteiger partial charge in [0.25, 0.3) is 0 Å². The number of halogens is 4. The van der Waals surface area contributed by atoms with E-state index in [4.69, 9.17) is 10.5 Å². The van der Waals surface area contributed by atoms with E-state index in [-0.39, 0.29) is 29.4 Å². The summed E-state index contributed by atoms with van der Waals surface area (Å²) in [5.74, 6) is -4.97. The average molecular weight is 300 g/mol. The molecule has 0 aliphatic heterocycles. The molecule has 3 N–H and O–H groups in total. The first-order chi connectivity index (χ1) is 9.92. The molecule has 0 radical (unpaired) electrons. The van der Waals surface area contributed by atoms with Gasteiger partial charge in [0.15, 0.2) is 29.0 Å². The Balaban J connectivity index is 2.37. The third-order valence-electron chi connectivity index (χ3n) is 2.67. The summed E-state index contributed by atoms with van der Waals surface area (Å²) in [5.41, 5.74) is 5.76. The van der Waals surface area contributed by atoms with Crippen molar-refractivity contribution in [1.29, 1.82) is 0 Å². The van der Waals surface area contributed by atoms with Crippen molar-refractivity contribution in [2.75, 3.05) is 17.7 Å². The minimum atomic E-state index is -1.57. The zero-order chi connectivity index (χ0) is 15.6. The average Bonchev–Trinajstić information content (AvgIpc) is 2.41.